The van der Waals surface area contributed by atoms with Gasteiger partial charge in [-0.05, 0) is 18.2 Å². The molecule has 0 aliphatic carbocycles. The van der Waals surface area contributed by atoms with Gasteiger partial charge in [0.1, 0.15) is 12.1 Å². The Bertz CT molecular complexity index is 675. The largest absolute Gasteiger partial charge is 0.445 e. The number of aromatic nitrogens is 1. The minimum absolute atomic E-state index is 0.0479. The van der Waals surface area contributed by atoms with Crippen molar-refractivity contribution in [2.75, 3.05) is 6.26 Å². The summed E-state index contributed by atoms with van der Waals surface area (Å²) >= 11 is 0. The van der Waals surface area contributed by atoms with Gasteiger partial charge in [-0.15, -0.1) is 0 Å². The molecule has 1 heterocycles. The van der Waals surface area contributed by atoms with E-state index in [2.05, 4.69) is 4.98 Å². The van der Waals surface area contributed by atoms with Crippen LogP contribution in [0.2, 0.25) is 0 Å². The summed E-state index contributed by atoms with van der Waals surface area (Å²) in [5.74, 6) is -0.262. The van der Waals surface area contributed by atoms with Gasteiger partial charge >= 0.3 is 0 Å². The van der Waals surface area contributed by atoms with Crippen molar-refractivity contribution in [3.05, 3.63) is 47.9 Å². The monoisotopic (exact) mass is 267 g/mol. The molecule has 0 saturated heterocycles. The van der Waals surface area contributed by atoms with Crippen molar-refractivity contribution < 1.29 is 17.2 Å². The summed E-state index contributed by atoms with van der Waals surface area (Å²) in [6, 6.07) is 3.74. The molecule has 18 heavy (non-hydrogen) atoms. The van der Waals surface area contributed by atoms with E-state index in [1.165, 1.54) is 36.7 Å². The van der Waals surface area contributed by atoms with E-state index in [4.69, 9.17) is 4.42 Å². The number of benzene rings is 1. The van der Waals surface area contributed by atoms with Crippen molar-refractivity contribution in [3.8, 4) is 0 Å². The lowest BCUT2D eigenvalue weighted by Gasteiger charge is -2.00. The highest BCUT2D eigenvalue weighted by atomic mass is 32.2. The Morgan fingerprint density at radius 3 is 2.67 bits per heavy atom. The molecule has 0 N–H and O–H groups in total. The fraction of sp³-hybridized carbons (Fsp3) is 0.0833. The first-order valence-corrected chi connectivity index (χ1v) is 6.93. The molecule has 2 rings (SSSR count). The highest BCUT2D eigenvalue weighted by Gasteiger charge is 2.09. The van der Waals surface area contributed by atoms with E-state index in [9.17, 15) is 12.8 Å². The zero-order valence-corrected chi connectivity index (χ0v) is 10.3. The average Bonchev–Trinajstić information content (AvgIpc) is 2.79. The van der Waals surface area contributed by atoms with Gasteiger partial charge in [-0.2, -0.15) is 0 Å². The zero-order valence-electron chi connectivity index (χ0n) is 9.50. The van der Waals surface area contributed by atoms with Gasteiger partial charge in [-0.3, -0.25) is 0 Å². The first-order chi connectivity index (χ1) is 8.47. The van der Waals surface area contributed by atoms with Crippen LogP contribution in [0.5, 0.6) is 0 Å². The molecule has 0 aliphatic heterocycles. The maximum Gasteiger partial charge on any atom is 0.218 e. The highest BCUT2D eigenvalue weighted by Crippen LogP contribution is 2.16. The molecular weight excluding hydrogens is 257 g/mol. The summed E-state index contributed by atoms with van der Waals surface area (Å²) in [6.45, 7) is 0. The molecule has 0 spiro atoms. The maximum atomic E-state index is 13.6. The number of nitrogens with zero attached hydrogens (tertiary/aromatic N) is 1. The number of oxazole rings is 1. The smallest absolute Gasteiger partial charge is 0.218 e. The Morgan fingerprint density at radius 1 is 1.33 bits per heavy atom. The third-order valence-corrected chi connectivity index (χ3v) is 3.37. The van der Waals surface area contributed by atoms with Crippen molar-refractivity contribution in [2.45, 2.75) is 4.90 Å². The van der Waals surface area contributed by atoms with Crippen LogP contribution in [0.1, 0.15) is 11.5 Å². The molecule has 1 aromatic carbocycles. The Morgan fingerprint density at radius 2 is 2.11 bits per heavy atom. The van der Waals surface area contributed by atoms with Crippen molar-refractivity contribution in [2.24, 2.45) is 0 Å². The van der Waals surface area contributed by atoms with E-state index in [-0.39, 0.29) is 10.5 Å². The number of hydrogen-bond acceptors (Lipinski definition) is 4. The molecule has 0 atom stereocenters. The summed E-state index contributed by atoms with van der Waals surface area (Å²) in [6.07, 6.45) is 6.88. The van der Waals surface area contributed by atoms with Crippen molar-refractivity contribution >= 4 is 22.0 Å². The van der Waals surface area contributed by atoms with Gasteiger partial charge in [-0.25, -0.2) is 17.8 Å². The van der Waals surface area contributed by atoms with Crippen molar-refractivity contribution in [3.63, 3.8) is 0 Å². The van der Waals surface area contributed by atoms with Gasteiger partial charge in [0.2, 0.25) is 5.89 Å². The van der Waals surface area contributed by atoms with E-state index in [0.717, 1.165) is 12.3 Å². The van der Waals surface area contributed by atoms with Crippen molar-refractivity contribution in [1.29, 1.82) is 0 Å². The zero-order chi connectivity index (χ0) is 13.2. The predicted molar refractivity (Wildman–Crippen MR) is 64.9 cm³/mol. The summed E-state index contributed by atoms with van der Waals surface area (Å²) in [5, 5.41) is 0. The van der Waals surface area contributed by atoms with Crippen LogP contribution >= 0.6 is 0 Å². The van der Waals surface area contributed by atoms with Gasteiger partial charge in [0.25, 0.3) is 0 Å². The number of halogens is 1. The highest BCUT2D eigenvalue weighted by molar-refractivity contribution is 7.90. The number of hydrogen-bond donors (Lipinski definition) is 0. The molecule has 0 aliphatic rings. The molecule has 1 aromatic heterocycles. The van der Waals surface area contributed by atoms with Gasteiger partial charge < -0.3 is 4.42 Å². The molecule has 6 heteroatoms. The quantitative estimate of drug-likeness (QED) is 0.856. The first kappa shape index (κ1) is 12.5. The van der Waals surface area contributed by atoms with Crippen LogP contribution in [0.25, 0.3) is 12.2 Å². The van der Waals surface area contributed by atoms with Crippen LogP contribution in [0.15, 0.2) is 40.0 Å². The third kappa shape index (κ3) is 2.84. The molecule has 2 aromatic rings. The Hall–Kier alpha value is -1.95. The molecular formula is C12H10FNO3S. The Labute approximate surface area is 104 Å². The normalized spacial score (nSPS) is 12.1. The molecule has 0 unspecified atom stereocenters. The van der Waals surface area contributed by atoms with E-state index in [1.54, 1.807) is 0 Å². The summed E-state index contributed by atoms with van der Waals surface area (Å²) in [7, 11) is -3.40. The molecule has 4 nitrogen and oxygen atoms in total. The third-order valence-electron chi connectivity index (χ3n) is 2.26. The fourth-order valence-corrected chi connectivity index (χ4v) is 1.98. The Balaban J connectivity index is 2.31. The second kappa shape index (κ2) is 4.73. The van der Waals surface area contributed by atoms with Gasteiger partial charge in [0.15, 0.2) is 9.84 Å². The lowest BCUT2D eigenvalue weighted by molar-refractivity contribution is 0.546. The molecule has 0 bridgehead atoms. The molecule has 0 saturated carbocycles. The summed E-state index contributed by atoms with van der Waals surface area (Å²) in [4.78, 5) is 3.80. The first-order valence-electron chi connectivity index (χ1n) is 5.04. The predicted octanol–water partition coefficient (Wildman–Crippen LogP) is 2.39. The molecule has 0 fully saturated rings. The topological polar surface area (TPSA) is 60.2 Å². The number of sulfone groups is 1. The second-order valence-corrected chi connectivity index (χ2v) is 5.67. The van der Waals surface area contributed by atoms with Crippen LogP contribution in [0, 0.1) is 5.82 Å². The lowest BCUT2D eigenvalue weighted by atomic mass is 10.2. The minimum Gasteiger partial charge on any atom is -0.445 e. The van der Waals surface area contributed by atoms with Gasteiger partial charge in [0.05, 0.1) is 11.1 Å². The van der Waals surface area contributed by atoms with E-state index in [0.29, 0.717) is 5.89 Å². The van der Waals surface area contributed by atoms with Gasteiger partial charge in [0, 0.05) is 17.9 Å². The minimum atomic E-state index is -3.40. The van der Waals surface area contributed by atoms with E-state index >= 15 is 0 Å². The summed E-state index contributed by atoms with van der Waals surface area (Å²) in [5.41, 5.74) is 0.264. The molecule has 94 valence electrons. The summed E-state index contributed by atoms with van der Waals surface area (Å²) < 4.78 is 41.1. The van der Waals surface area contributed by atoms with Crippen LogP contribution in [0.4, 0.5) is 4.39 Å². The van der Waals surface area contributed by atoms with Gasteiger partial charge in [-0.1, -0.05) is 6.07 Å². The van der Waals surface area contributed by atoms with Crippen LogP contribution < -0.4 is 0 Å². The van der Waals surface area contributed by atoms with Crippen LogP contribution in [-0.2, 0) is 9.84 Å². The second-order valence-electron chi connectivity index (χ2n) is 3.66. The maximum absolute atomic E-state index is 13.6. The lowest BCUT2D eigenvalue weighted by Crippen LogP contribution is -1.98. The standard InChI is InChI=1S/C12H10FNO3S/c1-18(15,16)10-4-2-9(11(13)8-10)3-5-12-14-6-7-17-12/h2-8H,1H3. The molecule has 0 amide bonds. The SMILES string of the molecule is CS(=O)(=O)c1ccc(C=Cc2ncco2)c(F)c1. The fourth-order valence-electron chi connectivity index (χ4n) is 1.35. The molecule has 0 radical (unpaired) electrons. The van der Waals surface area contributed by atoms with E-state index in [1.807, 2.05) is 0 Å². The Kier molecular flexibility index (Phi) is 3.29. The van der Waals surface area contributed by atoms with E-state index < -0.39 is 15.7 Å². The average molecular weight is 267 g/mol. The van der Waals surface area contributed by atoms with Crippen LogP contribution in [-0.4, -0.2) is 19.7 Å². The number of rotatable bonds is 3. The van der Waals surface area contributed by atoms with Crippen LogP contribution in [0.3, 0.4) is 0 Å². The van der Waals surface area contributed by atoms with Crippen molar-refractivity contribution in [1.82, 2.24) is 4.98 Å².